The molecule has 0 radical (unpaired) electrons. The first-order valence-electron chi connectivity index (χ1n) is 9.03. The van der Waals surface area contributed by atoms with Crippen molar-refractivity contribution >= 4 is 21.6 Å². The topological polar surface area (TPSA) is 128 Å². The lowest BCUT2D eigenvalue weighted by atomic mass is 10.3. The summed E-state index contributed by atoms with van der Waals surface area (Å²) in [4.78, 5) is 23.8. The highest BCUT2D eigenvalue weighted by atomic mass is 32.2. The summed E-state index contributed by atoms with van der Waals surface area (Å²) in [5.74, 6) is -1.18. The number of hydrogen-bond acceptors (Lipinski definition) is 6. The molecule has 4 rings (SSSR count). The summed E-state index contributed by atoms with van der Waals surface area (Å²) in [7, 11) is -4.11. The molecule has 1 saturated carbocycles. The minimum atomic E-state index is -4.11. The number of sulfonamides is 1. The first-order valence-corrected chi connectivity index (χ1v) is 10.5. The van der Waals surface area contributed by atoms with Gasteiger partial charge in [-0.2, -0.15) is 9.36 Å². The molecule has 2 aromatic carbocycles. The summed E-state index contributed by atoms with van der Waals surface area (Å²) in [6, 6.07) is 10.9. The van der Waals surface area contributed by atoms with E-state index >= 15 is 0 Å². The van der Waals surface area contributed by atoms with E-state index in [0.29, 0.717) is 5.69 Å². The Hall–Kier alpha value is -3.54. The first kappa shape index (κ1) is 19.8. The van der Waals surface area contributed by atoms with Gasteiger partial charge in [0.2, 0.25) is 5.91 Å². The Morgan fingerprint density at radius 2 is 1.80 bits per heavy atom. The van der Waals surface area contributed by atoms with Crippen molar-refractivity contribution in [1.82, 2.24) is 25.1 Å². The standard InChI is InChI=1S/C18H17FN6O4S/c19-15-3-1-2-4-16(15)30(28,29)21-13-7-9-14(10-8-13)25-18(27)24(22-23-25)11-17(26)20-12-5-6-12/h1-4,7-10,12,21H,5-6,11H2,(H,20,26). The van der Waals surface area contributed by atoms with Crippen LogP contribution in [0.25, 0.3) is 5.69 Å². The molecule has 0 spiro atoms. The Bertz CT molecular complexity index is 1250. The van der Waals surface area contributed by atoms with Crippen LogP contribution in [0.15, 0.2) is 58.2 Å². The second-order valence-corrected chi connectivity index (χ2v) is 8.41. The largest absolute Gasteiger partial charge is 0.368 e. The van der Waals surface area contributed by atoms with Gasteiger partial charge in [0.15, 0.2) is 0 Å². The number of anilines is 1. The summed E-state index contributed by atoms with van der Waals surface area (Å²) in [6.07, 6.45) is 1.86. The number of aromatic nitrogens is 4. The van der Waals surface area contributed by atoms with Gasteiger partial charge in [-0.1, -0.05) is 12.1 Å². The molecule has 1 aliphatic carbocycles. The summed E-state index contributed by atoms with van der Waals surface area (Å²) >= 11 is 0. The van der Waals surface area contributed by atoms with Crippen molar-refractivity contribution in [2.24, 2.45) is 0 Å². The number of benzene rings is 2. The summed E-state index contributed by atoms with van der Waals surface area (Å²) in [6.45, 7) is -0.240. The highest BCUT2D eigenvalue weighted by Crippen LogP contribution is 2.20. The van der Waals surface area contributed by atoms with E-state index in [9.17, 15) is 22.4 Å². The number of rotatable bonds is 7. The lowest BCUT2D eigenvalue weighted by molar-refractivity contribution is -0.122. The van der Waals surface area contributed by atoms with Crippen molar-refractivity contribution in [2.75, 3.05) is 4.72 Å². The Morgan fingerprint density at radius 1 is 1.10 bits per heavy atom. The molecular weight excluding hydrogens is 415 g/mol. The van der Waals surface area contributed by atoms with Crippen molar-refractivity contribution in [3.8, 4) is 5.69 Å². The molecule has 1 amide bonds. The van der Waals surface area contributed by atoms with Crippen molar-refractivity contribution < 1.29 is 17.6 Å². The van der Waals surface area contributed by atoms with Crippen molar-refractivity contribution in [3.63, 3.8) is 0 Å². The molecule has 1 aromatic heterocycles. The lowest BCUT2D eigenvalue weighted by Gasteiger charge is -2.09. The minimum absolute atomic E-state index is 0.170. The molecule has 0 bridgehead atoms. The average Bonchev–Trinajstić information content (AvgIpc) is 3.45. The second kappa shape index (κ2) is 7.71. The smallest absolute Gasteiger partial charge is 0.352 e. The maximum absolute atomic E-state index is 13.8. The van der Waals surface area contributed by atoms with E-state index in [-0.39, 0.29) is 24.2 Å². The zero-order chi connectivity index (χ0) is 21.3. The Morgan fingerprint density at radius 3 is 2.47 bits per heavy atom. The van der Waals surface area contributed by atoms with Gasteiger partial charge in [-0.3, -0.25) is 9.52 Å². The third-order valence-electron chi connectivity index (χ3n) is 4.37. The number of hydrogen-bond donors (Lipinski definition) is 2. The predicted octanol–water partition coefficient (Wildman–Crippen LogP) is 0.647. The van der Waals surface area contributed by atoms with Crippen LogP contribution in [0.1, 0.15) is 12.8 Å². The summed E-state index contributed by atoms with van der Waals surface area (Å²) in [5, 5.41) is 10.2. The van der Waals surface area contributed by atoms with Gasteiger partial charge in [0.1, 0.15) is 17.3 Å². The average molecular weight is 432 g/mol. The molecule has 0 atom stereocenters. The molecule has 3 aromatic rings. The number of nitrogens with one attached hydrogen (secondary N) is 2. The van der Waals surface area contributed by atoms with E-state index in [2.05, 4.69) is 20.5 Å². The number of nitrogens with zero attached hydrogens (tertiary/aromatic N) is 4. The third kappa shape index (κ3) is 4.22. The van der Waals surface area contributed by atoms with Gasteiger partial charge in [-0.25, -0.2) is 17.6 Å². The number of carbonyl (C=O) groups is 1. The van der Waals surface area contributed by atoms with E-state index in [1.165, 1.54) is 36.4 Å². The van der Waals surface area contributed by atoms with Crippen LogP contribution >= 0.6 is 0 Å². The van der Waals surface area contributed by atoms with Gasteiger partial charge in [-0.05, 0) is 59.7 Å². The van der Waals surface area contributed by atoms with Crippen LogP contribution in [0.3, 0.4) is 0 Å². The molecule has 0 unspecified atom stereocenters. The number of amides is 1. The molecule has 2 N–H and O–H groups in total. The molecule has 0 aliphatic heterocycles. The lowest BCUT2D eigenvalue weighted by Crippen LogP contribution is -2.34. The van der Waals surface area contributed by atoms with Gasteiger partial charge in [0, 0.05) is 11.7 Å². The minimum Gasteiger partial charge on any atom is -0.352 e. The number of carbonyl (C=O) groups excluding carboxylic acids is 1. The van der Waals surface area contributed by atoms with E-state index in [4.69, 9.17) is 0 Å². The van der Waals surface area contributed by atoms with Gasteiger partial charge < -0.3 is 5.32 Å². The molecule has 0 saturated heterocycles. The SMILES string of the molecule is O=C(Cn1nnn(-c2ccc(NS(=O)(=O)c3ccccc3F)cc2)c1=O)NC1CC1. The van der Waals surface area contributed by atoms with Crippen LogP contribution in [0.2, 0.25) is 0 Å². The fourth-order valence-corrected chi connectivity index (χ4v) is 3.85. The number of halogens is 1. The number of tetrazole rings is 1. The molecule has 10 nitrogen and oxygen atoms in total. The Labute approximate surface area is 170 Å². The first-order chi connectivity index (χ1) is 14.3. The molecule has 1 fully saturated rings. The van der Waals surface area contributed by atoms with Crippen LogP contribution in [-0.2, 0) is 21.4 Å². The van der Waals surface area contributed by atoms with Crippen LogP contribution in [0.4, 0.5) is 10.1 Å². The zero-order valence-electron chi connectivity index (χ0n) is 15.5. The monoisotopic (exact) mass is 432 g/mol. The van der Waals surface area contributed by atoms with Crippen LogP contribution < -0.4 is 15.7 Å². The summed E-state index contributed by atoms with van der Waals surface area (Å²) < 4.78 is 42.7. The molecule has 1 aliphatic rings. The van der Waals surface area contributed by atoms with Gasteiger partial charge in [-0.15, -0.1) is 0 Å². The van der Waals surface area contributed by atoms with Gasteiger partial charge in [0.25, 0.3) is 10.0 Å². The Kier molecular flexibility index (Phi) is 5.08. The quantitative estimate of drug-likeness (QED) is 0.564. The molecule has 156 valence electrons. The highest BCUT2D eigenvalue weighted by molar-refractivity contribution is 7.92. The van der Waals surface area contributed by atoms with E-state index < -0.39 is 26.4 Å². The van der Waals surface area contributed by atoms with Gasteiger partial charge in [0.05, 0.1) is 5.69 Å². The van der Waals surface area contributed by atoms with Crippen LogP contribution in [0, 0.1) is 5.82 Å². The normalized spacial score (nSPS) is 13.8. The molecule has 30 heavy (non-hydrogen) atoms. The van der Waals surface area contributed by atoms with E-state index in [1.54, 1.807) is 0 Å². The Balaban J connectivity index is 1.49. The van der Waals surface area contributed by atoms with E-state index in [1.807, 2.05) is 0 Å². The fraction of sp³-hybridized carbons (Fsp3) is 0.222. The third-order valence-corrected chi connectivity index (χ3v) is 5.78. The van der Waals surface area contributed by atoms with E-state index in [0.717, 1.165) is 34.3 Å². The van der Waals surface area contributed by atoms with Crippen LogP contribution in [0.5, 0.6) is 0 Å². The fourth-order valence-electron chi connectivity index (χ4n) is 2.72. The predicted molar refractivity (Wildman–Crippen MR) is 104 cm³/mol. The van der Waals surface area contributed by atoms with Crippen molar-refractivity contribution in [2.45, 2.75) is 30.3 Å². The summed E-state index contributed by atoms with van der Waals surface area (Å²) in [5.41, 5.74) is -0.116. The van der Waals surface area contributed by atoms with Crippen LogP contribution in [-0.4, -0.2) is 40.2 Å². The zero-order valence-corrected chi connectivity index (χ0v) is 16.3. The maximum atomic E-state index is 13.8. The maximum Gasteiger partial charge on any atom is 0.368 e. The molecular formula is C18H17FN6O4S. The second-order valence-electron chi connectivity index (χ2n) is 6.76. The van der Waals surface area contributed by atoms with Crippen molar-refractivity contribution in [1.29, 1.82) is 0 Å². The molecule has 1 heterocycles. The van der Waals surface area contributed by atoms with Gasteiger partial charge >= 0.3 is 5.69 Å². The molecule has 12 heteroatoms. The van der Waals surface area contributed by atoms with Crippen molar-refractivity contribution in [3.05, 3.63) is 64.8 Å². The highest BCUT2D eigenvalue weighted by Gasteiger charge is 2.24.